The number of hydrogen-bond acceptors (Lipinski definition) is 0. The van der Waals surface area contributed by atoms with E-state index in [2.05, 4.69) is 49.4 Å². The minimum absolute atomic E-state index is 0. The summed E-state index contributed by atoms with van der Waals surface area (Å²) in [6, 6.07) is 20.2. The van der Waals surface area contributed by atoms with E-state index in [0.29, 0.717) is 0 Å². The van der Waals surface area contributed by atoms with Crippen LogP contribution in [0.4, 0.5) is 0 Å². The van der Waals surface area contributed by atoms with Crippen molar-refractivity contribution in [2.24, 2.45) is 0 Å². The molecule has 0 saturated heterocycles. The summed E-state index contributed by atoms with van der Waals surface area (Å²) in [6.07, 6.45) is 0. The Bertz CT molecular complexity index is 641. The zero-order chi connectivity index (χ0) is 10.3. The summed E-state index contributed by atoms with van der Waals surface area (Å²) in [7, 11) is 0. The Morgan fingerprint density at radius 3 is 2.50 bits per heavy atom. The molecule has 0 fully saturated rings. The molecule has 3 aromatic carbocycles. The van der Waals surface area contributed by atoms with Crippen molar-refractivity contribution >= 4 is 21.5 Å². The van der Waals surface area contributed by atoms with Gasteiger partial charge >= 0.3 is 0 Å². The first-order valence-corrected chi connectivity index (χ1v) is 5.14. The van der Waals surface area contributed by atoms with E-state index >= 15 is 0 Å². The monoisotopic (exact) mass is 280 g/mol. The summed E-state index contributed by atoms with van der Waals surface area (Å²) in [4.78, 5) is 0. The second-order valence-corrected chi connectivity index (χ2v) is 3.94. The number of benzene rings is 3. The van der Waals surface area contributed by atoms with Gasteiger partial charge in [0.2, 0.25) is 0 Å². The van der Waals surface area contributed by atoms with Gasteiger partial charge in [-0.1, -0.05) is 29.8 Å². The van der Waals surface area contributed by atoms with Crippen molar-refractivity contribution in [1.82, 2.24) is 0 Å². The first-order valence-electron chi connectivity index (χ1n) is 5.14. The molecule has 0 amide bonds. The van der Waals surface area contributed by atoms with Crippen LogP contribution < -0.4 is 0 Å². The molecule has 0 spiro atoms. The molecule has 1 radical (unpaired) electrons. The van der Waals surface area contributed by atoms with Gasteiger partial charge in [-0.05, 0) is 17.7 Å². The van der Waals surface area contributed by atoms with E-state index in [1.54, 1.807) is 0 Å². The van der Waals surface area contributed by atoms with Crippen molar-refractivity contribution < 1.29 is 32.7 Å². The third-order valence-corrected chi connectivity index (χ3v) is 2.84. The Morgan fingerprint density at radius 2 is 1.62 bits per heavy atom. The minimum Gasteiger partial charge on any atom is -0.183 e. The Kier molecular flexibility index (Phi) is 3.42. The Morgan fingerprint density at radius 1 is 0.875 bits per heavy atom. The molecular weight excluding hydrogens is 269 g/mol. The van der Waals surface area contributed by atoms with Gasteiger partial charge in [0.25, 0.3) is 0 Å². The first-order chi connectivity index (χ1) is 7.34. The van der Waals surface area contributed by atoms with Crippen LogP contribution in [0.3, 0.4) is 0 Å². The fraction of sp³-hybridized carbons (Fsp3) is 0.0667. The largest absolute Gasteiger partial charge is 0.183 e. The van der Waals surface area contributed by atoms with Crippen LogP contribution in [-0.4, -0.2) is 0 Å². The predicted molar refractivity (Wildman–Crippen MR) is 65.0 cm³/mol. The Balaban J connectivity index is 0.000000963. The summed E-state index contributed by atoms with van der Waals surface area (Å²) in [6.45, 7) is 2.13. The maximum absolute atomic E-state index is 3.11. The molecule has 0 aliphatic heterocycles. The number of hydrogen-bond donors (Lipinski definition) is 0. The topological polar surface area (TPSA) is 0 Å². The average molecular weight is 280 g/mol. The zero-order valence-corrected chi connectivity index (χ0v) is 12.0. The predicted octanol–water partition coefficient (Wildman–Crippen LogP) is 4.10. The molecule has 0 unspecified atom stereocenters. The Labute approximate surface area is 121 Å². The molecule has 0 bridgehead atoms. The van der Waals surface area contributed by atoms with Crippen molar-refractivity contribution in [3.8, 4) is 0 Å². The fourth-order valence-corrected chi connectivity index (χ4v) is 2.07. The molecule has 0 atom stereocenters. The smallest absolute Gasteiger partial charge is 0 e. The molecule has 0 nitrogen and oxygen atoms in total. The molecule has 3 aromatic rings. The molecular formula is C15H11Y-. The van der Waals surface area contributed by atoms with Crippen LogP contribution >= 0.6 is 0 Å². The molecule has 75 valence electrons. The minimum atomic E-state index is 0. The van der Waals surface area contributed by atoms with Crippen LogP contribution in [-0.2, 0) is 32.7 Å². The van der Waals surface area contributed by atoms with Crippen molar-refractivity contribution in [1.29, 1.82) is 0 Å². The quantitative estimate of drug-likeness (QED) is 0.429. The summed E-state index contributed by atoms with van der Waals surface area (Å²) < 4.78 is 0. The van der Waals surface area contributed by atoms with Gasteiger partial charge in [-0.3, -0.25) is 0 Å². The van der Waals surface area contributed by atoms with Crippen molar-refractivity contribution in [3.63, 3.8) is 0 Å². The van der Waals surface area contributed by atoms with Gasteiger partial charge in [0.05, 0.1) is 0 Å². The molecule has 1 heteroatoms. The second-order valence-electron chi connectivity index (χ2n) is 3.94. The van der Waals surface area contributed by atoms with Crippen LogP contribution in [0.1, 0.15) is 5.56 Å². The van der Waals surface area contributed by atoms with E-state index in [1.165, 1.54) is 27.1 Å². The molecule has 0 saturated carbocycles. The van der Waals surface area contributed by atoms with E-state index in [9.17, 15) is 0 Å². The maximum atomic E-state index is 3.11. The Hall–Kier alpha value is -0.716. The van der Waals surface area contributed by atoms with Gasteiger partial charge < -0.3 is 0 Å². The standard InChI is InChI=1S/C15H11.Y/c1-11-6-9-15-13(10-11)8-7-12-4-2-3-5-14(12)15;/h3-10H,1H3;/q-1;. The van der Waals surface area contributed by atoms with Crippen LogP contribution in [0.15, 0.2) is 48.5 Å². The summed E-state index contributed by atoms with van der Waals surface area (Å²) in [5.74, 6) is 0. The van der Waals surface area contributed by atoms with Crippen molar-refractivity contribution in [3.05, 3.63) is 60.2 Å². The second kappa shape index (κ2) is 4.65. The van der Waals surface area contributed by atoms with E-state index in [4.69, 9.17) is 0 Å². The van der Waals surface area contributed by atoms with Crippen LogP contribution in [0.25, 0.3) is 21.5 Å². The van der Waals surface area contributed by atoms with Gasteiger partial charge in [0.1, 0.15) is 0 Å². The van der Waals surface area contributed by atoms with Crippen LogP contribution in [0, 0.1) is 13.0 Å². The summed E-state index contributed by atoms with van der Waals surface area (Å²) >= 11 is 0. The molecule has 0 aliphatic carbocycles. The fourth-order valence-electron chi connectivity index (χ4n) is 2.07. The zero-order valence-electron chi connectivity index (χ0n) is 9.20. The summed E-state index contributed by atoms with van der Waals surface area (Å²) in [5, 5.41) is 5.21. The van der Waals surface area contributed by atoms with E-state index in [-0.39, 0.29) is 32.7 Å². The van der Waals surface area contributed by atoms with Crippen molar-refractivity contribution in [2.45, 2.75) is 6.92 Å². The number of fused-ring (bicyclic) bond motifs is 3. The van der Waals surface area contributed by atoms with E-state index < -0.39 is 0 Å². The molecule has 0 heterocycles. The van der Waals surface area contributed by atoms with Crippen LogP contribution in [0.5, 0.6) is 0 Å². The number of aryl methyl sites for hydroxylation is 1. The normalized spacial score (nSPS) is 10.3. The van der Waals surface area contributed by atoms with Gasteiger partial charge in [-0.15, -0.1) is 16.8 Å². The molecule has 3 rings (SSSR count). The molecule has 16 heavy (non-hydrogen) atoms. The van der Waals surface area contributed by atoms with Gasteiger partial charge in [-0.2, -0.15) is 24.3 Å². The molecule has 0 aromatic heterocycles. The third kappa shape index (κ3) is 1.92. The maximum Gasteiger partial charge on any atom is 0 e. The summed E-state index contributed by atoms with van der Waals surface area (Å²) in [5.41, 5.74) is 1.31. The van der Waals surface area contributed by atoms with E-state index in [0.717, 1.165) is 0 Å². The molecule has 0 N–H and O–H groups in total. The SMILES string of the molecule is Cc1ccc2c(ccc3c[c-]ccc32)c1.[Y]. The average Bonchev–Trinajstić information content (AvgIpc) is 2.28. The molecule has 0 aliphatic rings. The van der Waals surface area contributed by atoms with Gasteiger partial charge in [0, 0.05) is 32.7 Å². The first kappa shape index (κ1) is 11.8. The number of rotatable bonds is 0. The van der Waals surface area contributed by atoms with Crippen LogP contribution in [0.2, 0.25) is 0 Å². The van der Waals surface area contributed by atoms with E-state index in [1.807, 2.05) is 12.1 Å². The van der Waals surface area contributed by atoms with Crippen molar-refractivity contribution in [2.75, 3.05) is 0 Å². The van der Waals surface area contributed by atoms with Gasteiger partial charge in [0.15, 0.2) is 0 Å². The third-order valence-electron chi connectivity index (χ3n) is 2.84. The van der Waals surface area contributed by atoms with Gasteiger partial charge in [-0.25, -0.2) is 0 Å².